The largest absolute Gasteiger partial charge is 0.356 e. The Morgan fingerprint density at radius 3 is 2.87 bits per heavy atom. The molecule has 23 heavy (non-hydrogen) atoms. The van der Waals surface area contributed by atoms with Crippen molar-refractivity contribution in [2.75, 3.05) is 26.7 Å². The number of nitrogens with zero attached hydrogens (tertiary/aromatic N) is 2. The number of aliphatic imine (C=N–C) groups is 1. The first kappa shape index (κ1) is 17.5. The number of rotatable bonds is 7. The highest BCUT2D eigenvalue weighted by Gasteiger charge is 2.24. The van der Waals surface area contributed by atoms with Crippen LogP contribution in [0.1, 0.15) is 31.7 Å². The maximum Gasteiger partial charge on any atom is 0.191 e. The monoisotopic (exact) mass is 314 g/mol. The third kappa shape index (κ3) is 6.06. The number of allylic oxidation sites excluding steroid dienone is 1. The molecule has 1 aromatic carbocycles. The second kappa shape index (κ2) is 10.1. The predicted molar refractivity (Wildman–Crippen MR) is 98.7 cm³/mol. The quantitative estimate of drug-likeness (QED) is 0.352. The fourth-order valence-electron chi connectivity index (χ4n) is 3.03. The number of benzene rings is 1. The molecule has 0 spiro atoms. The van der Waals surface area contributed by atoms with Crippen LogP contribution in [-0.4, -0.2) is 43.6 Å². The number of guanidine groups is 1. The summed E-state index contributed by atoms with van der Waals surface area (Å²) in [6, 6.07) is 11.3. The highest BCUT2D eigenvalue weighted by atomic mass is 15.2. The average Bonchev–Trinajstić information content (AvgIpc) is 3.02. The van der Waals surface area contributed by atoms with Gasteiger partial charge in [-0.05, 0) is 38.3 Å². The van der Waals surface area contributed by atoms with Crippen molar-refractivity contribution in [3.8, 4) is 0 Å². The van der Waals surface area contributed by atoms with Crippen molar-refractivity contribution in [2.24, 2.45) is 4.99 Å². The third-order valence-corrected chi connectivity index (χ3v) is 4.30. The summed E-state index contributed by atoms with van der Waals surface area (Å²) in [6.07, 6.45) is 7.82. The molecular formula is C19H30N4. The molecule has 0 aromatic heterocycles. The molecule has 0 bridgehead atoms. The van der Waals surface area contributed by atoms with Crippen molar-refractivity contribution < 1.29 is 0 Å². The number of likely N-dealkylation sites (tertiary alicyclic amines) is 1. The molecule has 0 saturated carbocycles. The Labute approximate surface area is 140 Å². The molecule has 1 saturated heterocycles. The normalized spacial score (nSPS) is 19.4. The minimum absolute atomic E-state index is 0.587. The molecule has 1 atom stereocenters. The molecule has 2 rings (SSSR count). The van der Waals surface area contributed by atoms with Crippen LogP contribution in [0.3, 0.4) is 0 Å². The van der Waals surface area contributed by atoms with E-state index in [9.17, 15) is 0 Å². The standard InChI is InChI=1S/C19H30N4/c1-3-4-8-13-21-19(20-2)22-15-18-12-9-14-23(18)16-17-10-6-5-7-11-17/h3-7,10-11,18H,8-9,12-16H2,1-2H3,(H2,20,21,22)/b4-3+. The van der Waals surface area contributed by atoms with E-state index in [0.29, 0.717) is 6.04 Å². The van der Waals surface area contributed by atoms with Gasteiger partial charge < -0.3 is 10.6 Å². The Kier molecular flexibility index (Phi) is 7.67. The summed E-state index contributed by atoms with van der Waals surface area (Å²) >= 11 is 0. The van der Waals surface area contributed by atoms with Crippen LogP contribution >= 0.6 is 0 Å². The first-order chi connectivity index (χ1) is 11.3. The molecule has 4 nitrogen and oxygen atoms in total. The molecule has 1 aromatic rings. The van der Waals surface area contributed by atoms with Gasteiger partial charge in [0.05, 0.1) is 0 Å². The van der Waals surface area contributed by atoms with Crippen molar-refractivity contribution in [3.05, 3.63) is 48.0 Å². The summed E-state index contributed by atoms with van der Waals surface area (Å²) in [5.41, 5.74) is 1.40. The molecule has 2 N–H and O–H groups in total. The summed E-state index contributed by atoms with van der Waals surface area (Å²) in [5, 5.41) is 6.84. The lowest BCUT2D eigenvalue weighted by molar-refractivity contribution is 0.245. The van der Waals surface area contributed by atoms with Crippen LogP contribution in [-0.2, 0) is 6.54 Å². The molecule has 126 valence electrons. The zero-order chi connectivity index (χ0) is 16.3. The second-order valence-electron chi connectivity index (χ2n) is 5.99. The number of nitrogens with one attached hydrogen (secondary N) is 2. The second-order valence-corrected chi connectivity index (χ2v) is 5.99. The van der Waals surface area contributed by atoms with Gasteiger partial charge in [-0.3, -0.25) is 9.89 Å². The van der Waals surface area contributed by atoms with Gasteiger partial charge >= 0.3 is 0 Å². The maximum atomic E-state index is 4.31. The third-order valence-electron chi connectivity index (χ3n) is 4.30. The molecule has 0 radical (unpaired) electrons. The van der Waals surface area contributed by atoms with Crippen molar-refractivity contribution in [3.63, 3.8) is 0 Å². The van der Waals surface area contributed by atoms with E-state index < -0.39 is 0 Å². The highest BCUT2D eigenvalue weighted by molar-refractivity contribution is 5.79. The van der Waals surface area contributed by atoms with Crippen LogP contribution in [0.4, 0.5) is 0 Å². The van der Waals surface area contributed by atoms with Crippen LogP contribution in [0.25, 0.3) is 0 Å². The highest BCUT2D eigenvalue weighted by Crippen LogP contribution is 2.19. The Morgan fingerprint density at radius 2 is 2.13 bits per heavy atom. The lowest BCUT2D eigenvalue weighted by Crippen LogP contribution is -2.44. The van der Waals surface area contributed by atoms with Gasteiger partial charge in [-0.25, -0.2) is 0 Å². The first-order valence-corrected chi connectivity index (χ1v) is 8.67. The number of hydrogen-bond acceptors (Lipinski definition) is 2. The van der Waals surface area contributed by atoms with E-state index in [1.165, 1.54) is 24.9 Å². The molecule has 4 heteroatoms. The molecule has 1 fully saturated rings. The van der Waals surface area contributed by atoms with Gasteiger partial charge in [-0.1, -0.05) is 42.5 Å². The van der Waals surface area contributed by atoms with Gasteiger partial charge in [-0.2, -0.15) is 0 Å². The summed E-state index contributed by atoms with van der Waals surface area (Å²) < 4.78 is 0. The minimum atomic E-state index is 0.587. The summed E-state index contributed by atoms with van der Waals surface area (Å²) in [7, 11) is 1.83. The van der Waals surface area contributed by atoms with Crippen molar-refractivity contribution >= 4 is 5.96 Å². The lowest BCUT2D eigenvalue weighted by atomic mass is 10.2. The van der Waals surface area contributed by atoms with Crippen LogP contribution < -0.4 is 10.6 Å². The fourth-order valence-corrected chi connectivity index (χ4v) is 3.03. The Morgan fingerprint density at radius 1 is 1.30 bits per heavy atom. The Hall–Kier alpha value is -1.81. The van der Waals surface area contributed by atoms with Crippen LogP contribution in [0.2, 0.25) is 0 Å². The molecule has 1 aliphatic heterocycles. The molecular weight excluding hydrogens is 284 g/mol. The van der Waals surface area contributed by atoms with E-state index in [2.05, 4.69) is 69.9 Å². The van der Waals surface area contributed by atoms with Gasteiger partial charge in [0.1, 0.15) is 0 Å². The topological polar surface area (TPSA) is 39.7 Å². The van der Waals surface area contributed by atoms with E-state index >= 15 is 0 Å². The molecule has 1 unspecified atom stereocenters. The van der Waals surface area contributed by atoms with Gasteiger partial charge in [-0.15, -0.1) is 0 Å². The van der Waals surface area contributed by atoms with E-state index in [1.54, 1.807) is 0 Å². The van der Waals surface area contributed by atoms with E-state index in [-0.39, 0.29) is 0 Å². The van der Waals surface area contributed by atoms with Crippen molar-refractivity contribution in [1.29, 1.82) is 0 Å². The van der Waals surface area contributed by atoms with Gasteiger partial charge in [0.2, 0.25) is 0 Å². The predicted octanol–water partition coefficient (Wildman–Crippen LogP) is 2.78. The smallest absolute Gasteiger partial charge is 0.191 e. The van der Waals surface area contributed by atoms with Crippen LogP contribution in [0.5, 0.6) is 0 Å². The minimum Gasteiger partial charge on any atom is -0.356 e. The maximum absolute atomic E-state index is 4.31. The van der Waals surface area contributed by atoms with E-state index in [0.717, 1.165) is 32.0 Å². The summed E-state index contributed by atoms with van der Waals surface area (Å²) in [4.78, 5) is 6.89. The molecule has 1 aliphatic rings. The van der Waals surface area contributed by atoms with Gasteiger partial charge in [0.25, 0.3) is 0 Å². The SMILES string of the molecule is C/C=C/CCNC(=NC)NCC1CCCN1Cc1ccccc1. The fraction of sp³-hybridized carbons (Fsp3) is 0.526. The molecule has 1 heterocycles. The van der Waals surface area contributed by atoms with Crippen LogP contribution in [0, 0.1) is 0 Å². The van der Waals surface area contributed by atoms with Gasteiger partial charge in [0.15, 0.2) is 5.96 Å². The van der Waals surface area contributed by atoms with Crippen molar-refractivity contribution in [1.82, 2.24) is 15.5 Å². The molecule has 0 aliphatic carbocycles. The molecule has 0 amide bonds. The summed E-state index contributed by atoms with van der Waals surface area (Å²) in [6.45, 7) is 6.15. The lowest BCUT2D eigenvalue weighted by Gasteiger charge is -2.25. The summed E-state index contributed by atoms with van der Waals surface area (Å²) in [5.74, 6) is 0.904. The average molecular weight is 314 g/mol. The zero-order valence-electron chi connectivity index (χ0n) is 14.5. The Balaban J connectivity index is 1.76. The number of hydrogen-bond donors (Lipinski definition) is 2. The van der Waals surface area contributed by atoms with Gasteiger partial charge in [0, 0.05) is 32.7 Å². The first-order valence-electron chi connectivity index (χ1n) is 8.67. The Bertz CT molecular complexity index is 495. The van der Waals surface area contributed by atoms with E-state index in [4.69, 9.17) is 0 Å². The van der Waals surface area contributed by atoms with Crippen LogP contribution in [0.15, 0.2) is 47.5 Å². The van der Waals surface area contributed by atoms with Crippen molar-refractivity contribution in [2.45, 2.75) is 38.8 Å². The van der Waals surface area contributed by atoms with E-state index in [1.807, 2.05) is 7.05 Å². The zero-order valence-corrected chi connectivity index (χ0v) is 14.5.